The minimum absolute atomic E-state index is 0.780. The molecule has 0 amide bonds. The molecule has 0 atom stereocenters. The summed E-state index contributed by atoms with van der Waals surface area (Å²) in [5.74, 6) is 0.780. The largest absolute Gasteiger partial charge is 0.291 e. The van der Waals surface area contributed by atoms with Crippen LogP contribution in [0.1, 0.15) is 25.2 Å². The van der Waals surface area contributed by atoms with Crippen molar-refractivity contribution < 1.29 is 0 Å². The molecule has 2 heterocycles. The molecule has 3 heteroatoms. The van der Waals surface area contributed by atoms with Gasteiger partial charge in [0.05, 0.1) is 5.69 Å². The molecular formula is C10H15N3. The minimum atomic E-state index is 0.780. The SMILES string of the molecule is CC.Cc1ccn2cc(C)nc2n1. The van der Waals surface area contributed by atoms with Crippen molar-refractivity contribution in [1.29, 1.82) is 0 Å². The molecule has 0 aliphatic rings. The van der Waals surface area contributed by atoms with Crippen molar-refractivity contribution >= 4 is 5.78 Å². The Bertz CT molecular complexity index is 390. The van der Waals surface area contributed by atoms with E-state index in [1.807, 2.05) is 50.6 Å². The molecule has 0 saturated carbocycles. The van der Waals surface area contributed by atoms with E-state index in [1.165, 1.54) is 0 Å². The Morgan fingerprint density at radius 3 is 2.38 bits per heavy atom. The number of imidazole rings is 1. The molecule has 3 nitrogen and oxygen atoms in total. The van der Waals surface area contributed by atoms with Crippen molar-refractivity contribution in [1.82, 2.24) is 14.4 Å². The quantitative estimate of drug-likeness (QED) is 0.618. The molecule has 0 N–H and O–H groups in total. The van der Waals surface area contributed by atoms with Crippen LogP contribution in [0.15, 0.2) is 18.5 Å². The first-order valence-electron chi connectivity index (χ1n) is 4.55. The van der Waals surface area contributed by atoms with E-state index in [1.54, 1.807) is 0 Å². The average molecular weight is 177 g/mol. The Kier molecular flexibility index (Phi) is 3.01. The van der Waals surface area contributed by atoms with E-state index in [0.29, 0.717) is 0 Å². The number of fused-ring (bicyclic) bond motifs is 1. The van der Waals surface area contributed by atoms with Crippen molar-refractivity contribution in [2.75, 3.05) is 0 Å². The molecule has 13 heavy (non-hydrogen) atoms. The normalized spacial score (nSPS) is 9.54. The highest BCUT2D eigenvalue weighted by atomic mass is 15.1. The maximum Gasteiger partial charge on any atom is 0.234 e. The van der Waals surface area contributed by atoms with Gasteiger partial charge in [0, 0.05) is 18.1 Å². The molecule has 0 unspecified atom stereocenters. The molecule has 0 aliphatic heterocycles. The summed E-state index contributed by atoms with van der Waals surface area (Å²) in [4.78, 5) is 8.47. The van der Waals surface area contributed by atoms with Crippen molar-refractivity contribution in [2.24, 2.45) is 0 Å². The lowest BCUT2D eigenvalue weighted by Gasteiger charge is -1.91. The Morgan fingerprint density at radius 1 is 1.08 bits per heavy atom. The average Bonchev–Trinajstić information content (AvgIpc) is 2.48. The van der Waals surface area contributed by atoms with Gasteiger partial charge in [-0.05, 0) is 19.9 Å². The lowest BCUT2D eigenvalue weighted by Crippen LogP contribution is -1.88. The fraction of sp³-hybridized carbons (Fsp3) is 0.400. The summed E-state index contributed by atoms with van der Waals surface area (Å²) in [6.07, 6.45) is 3.93. The predicted octanol–water partition coefficient (Wildman–Crippen LogP) is 2.37. The molecule has 70 valence electrons. The van der Waals surface area contributed by atoms with Crippen LogP contribution in [-0.4, -0.2) is 14.4 Å². The molecule has 0 saturated heterocycles. The second-order valence-corrected chi connectivity index (χ2v) is 2.66. The van der Waals surface area contributed by atoms with Gasteiger partial charge in [0.25, 0.3) is 0 Å². The van der Waals surface area contributed by atoms with Gasteiger partial charge in [-0.1, -0.05) is 13.8 Å². The summed E-state index contributed by atoms with van der Waals surface area (Å²) < 4.78 is 1.92. The fourth-order valence-corrected chi connectivity index (χ4v) is 1.08. The highest BCUT2D eigenvalue weighted by Crippen LogP contribution is 2.01. The highest BCUT2D eigenvalue weighted by Gasteiger charge is 1.96. The monoisotopic (exact) mass is 177 g/mol. The molecule has 2 rings (SSSR count). The number of rotatable bonds is 0. The summed E-state index contributed by atoms with van der Waals surface area (Å²) >= 11 is 0. The van der Waals surface area contributed by atoms with Crippen molar-refractivity contribution in [3.63, 3.8) is 0 Å². The Labute approximate surface area is 78.5 Å². The van der Waals surface area contributed by atoms with Crippen LogP contribution in [0.2, 0.25) is 0 Å². The van der Waals surface area contributed by atoms with Gasteiger partial charge in [-0.2, -0.15) is 0 Å². The molecule has 0 aromatic carbocycles. The van der Waals surface area contributed by atoms with Gasteiger partial charge in [-0.25, -0.2) is 9.97 Å². The third-order valence-corrected chi connectivity index (χ3v) is 1.59. The first kappa shape index (κ1) is 9.71. The molecule has 0 aliphatic carbocycles. The molecular weight excluding hydrogens is 162 g/mol. The first-order valence-corrected chi connectivity index (χ1v) is 4.55. The highest BCUT2D eigenvalue weighted by molar-refractivity contribution is 5.30. The summed E-state index contributed by atoms with van der Waals surface area (Å²) in [5, 5.41) is 0. The molecule has 2 aromatic rings. The van der Waals surface area contributed by atoms with E-state index in [0.717, 1.165) is 17.2 Å². The number of hydrogen-bond donors (Lipinski definition) is 0. The summed E-state index contributed by atoms with van der Waals surface area (Å²) in [5.41, 5.74) is 2.01. The van der Waals surface area contributed by atoms with E-state index in [2.05, 4.69) is 9.97 Å². The van der Waals surface area contributed by atoms with Gasteiger partial charge in [0.1, 0.15) is 0 Å². The van der Waals surface area contributed by atoms with Crippen LogP contribution in [0.5, 0.6) is 0 Å². The number of aryl methyl sites for hydroxylation is 2. The zero-order valence-electron chi connectivity index (χ0n) is 8.57. The Hall–Kier alpha value is -1.38. The second-order valence-electron chi connectivity index (χ2n) is 2.66. The maximum atomic E-state index is 4.25. The second kappa shape index (κ2) is 4.03. The van der Waals surface area contributed by atoms with E-state index in [4.69, 9.17) is 0 Å². The molecule has 0 spiro atoms. The summed E-state index contributed by atoms with van der Waals surface area (Å²) in [7, 11) is 0. The smallest absolute Gasteiger partial charge is 0.234 e. The van der Waals surface area contributed by atoms with E-state index < -0.39 is 0 Å². The fourth-order valence-electron chi connectivity index (χ4n) is 1.08. The minimum Gasteiger partial charge on any atom is -0.291 e. The molecule has 0 fully saturated rings. The van der Waals surface area contributed by atoms with Gasteiger partial charge in [-0.15, -0.1) is 0 Å². The van der Waals surface area contributed by atoms with Crippen molar-refractivity contribution in [2.45, 2.75) is 27.7 Å². The van der Waals surface area contributed by atoms with E-state index in [9.17, 15) is 0 Å². The summed E-state index contributed by atoms with van der Waals surface area (Å²) in [6.45, 7) is 7.92. The van der Waals surface area contributed by atoms with Crippen LogP contribution in [0.3, 0.4) is 0 Å². The third-order valence-electron chi connectivity index (χ3n) is 1.59. The van der Waals surface area contributed by atoms with Gasteiger partial charge in [0.2, 0.25) is 5.78 Å². The third kappa shape index (κ3) is 2.05. The van der Waals surface area contributed by atoms with E-state index >= 15 is 0 Å². The topological polar surface area (TPSA) is 30.2 Å². The lowest BCUT2D eigenvalue weighted by atomic mass is 10.5. The predicted molar refractivity (Wildman–Crippen MR) is 53.8 cm³/mol. The van der Waals surface area contributed by atoms with Crippen LogP contribution in [0.4, 0.5) is 0 Å². The molecule has 0 radical (unpaired) electrons. The lowest BCUT2D eigenvalue weighted by molar-refractivity contribution is 1.07. The zero-order chi connectivity index (χ0) is 9.84. The van der Waals surface area contributed by atoms with Crippen LogP contribution in [0, 0.1) is 13.8 Å². The standard InChI is InChI=1S/C8H9N3.C2H6/c1-6-3-4-11-5-7(2)10-8(11)9-6;1-2/h3-5H,1-2H3;1-2H3. The Balaban J connectivity index is 0.000000396. The molecule has 2 aromatic heterocycles. The van der Waals surface area contributed by atoms with Gasteiger partial charge < -0.3 is 0 Å². The van der Waals surface area contributed by atoms with Gasteiger partial charge in [-0.3, -0.25) is 4.40 Å². The summed E-state index contributed by atoms with van der Waals surface area (Å²) in [6, 6.07) is 1.97. The van der Waals surface area contributed by atoms with Gasteiger partial charge >= 0.3 is 0 Å². The Morgan fingerprint density at radius 2 is 1.69 bits per heavy atom. The van der Waals surface area contributed by atoms with E-state index in [-0.39, 0.29) is 0 Å². The zero-order valence-corrected chi connectivity index (χ0v) is 8.57. The maximum absolute atomic E-state index is 4.25. The van der Waals surface area contributed by atoms with Crippen LogP contribution in [-0.2, 0) is 0 Å². The van der Waals surface area contributed by atoms with Gasteiger partial charge in [0.15, 0.2) is 0 Å². The number of aromatic nitrogens is 3. The number of nitrogens with zero attached hydrogens (tertiary/aromatic N) is 3. The van der Waals surface area contributed by atoms with Crippen LogP contribution < -0.4 is 0 Å². The first-order chi connectivity index (χ1) is 6.25. The van der Waals surface area contributed by atoms with Crippen LogP contribution in [0.25, 0.3) is 5.78 Å². The number of hydrogen-bond acceptors (Lipinski definition) is 2. The van der Waals surface area contributed by atoms with Crippen molar-refractivity contribution in [3.05, 3.63) is 29.8 Å². The van der Waals surface area contributed by atoms with Crippen LogP contribution >= 0.6 is 0 Å². The molecule has 0 bridgehead atoms. The van der Waals surface area contributed by atoms with Crippen molar-refractivity contribution in [3.8, 4) is 0 Å².